The first-order valence-corrected chi connectivity index (χ1v) is 22.0. The lowest BCUT2D eigenvalue weighted by Gasteiger charge is -2.33. The van der Waals surface area contributed by atoms with E-state index in [1.54, 1.807) is 0 Å². The van der Waals surface area contributed by atoms with Gasteiger partial charge in [0.15, 0.2) is 5.58 Å². The Morgan fingerprint density at radius 1 is 0.375 bits per heavy atom. The van der Waals surface area contributed by atoms with Crippen molar-refractivity contribution < 1.29 is 4.42 Å². The van der Waals surface area contributed by atoms with Crippen molar-refractivity contribution in [2.45, 2.75) is 5.41 Å². The molecule has 0 unspecified atom stereocenters. The van der Waals surface area contributed by atoms with Gasteiger partial charge in [-0.2, -0.15) is 0 Å². The maximum absolute atomic E-state index is 7.26. The molecule has 3 heteroatoms. The molecule has 1 aliphatic carbocycles. The van der Waals surface area contributed by atoms with Crippen LogP contribution in [0.4, 0.5) is 17.1 Å². The van der Waals surface area contributed by atoms with E-state index >= 15 is 0 Å². The molecule has 64 heavy (non-hydrogen) atoms. The van der Waals surface area contributed by atoms with Crippen molar-refractivity contribution >= 4 is 60.8 Å². The van der Waals surface area contributed by atoms with Crippen LogP contribution in [0.3, 0.4) is 0 Å². The predicted octanol–water partition coefficient (Wildman–Crippen LogP) is 16.2. The van der Waals surface area contributed by atoms with E-state index in [1.165, 1.54) is 60.8 Å². The summed E-state index contributed by atoms with van der Waals surface area (Å²) >= 11 is 0. The number of fused-ring (bicyclic) bond motifs is 9. The van der Waals surface area contributed by atoms with Crippen molar-refractivity contribution in [3.8, 4) is 27.9 Å². The van der Waals surface area contributed by atoms with Crippen molar-refractivity contribution in [3.05, 3.63) is 265 Å². The maximum atomic E-state index is 7.26. The predicted molar refractivity (Wildman–Crippen MR) is 265 cm³/mol. The molecule has 12 aromatic rings. The topological polar surface area (TPSA) is 21.3 Å². The Kier molecular flexibility index (Phi) is 8.13. The molecule has 13 rings (SSSR count). The monoisotopic (exact) mass is 816 g/mol. The van der Waals surface area contributed by atoms with Crippen molar-refractivity contribution in [2.75, 3.05) is 4.90 Å². The van der Waals surface area contributed by atoms with Gasteiger partial charge in [0.1, 0.15) is 5.58 Å². The van der Waals surface area contributed by atoms with Gasteiger partial charge in [-0.15, -0.1) is 0 Å². The van der Waals surface area contributed by atoms with Gasteiger partial charge in [-0.25, -0.2) is 0 Å². The lowest BCUT2D eigenvalue weighted by atomic mass is 9.67. The van der Waals surface area contributed by atoms with E-state index < -0.39 is 5.41 Å². The summed E-state index contributed by atoms with van der Waals surface area (Å²) in [6.45, 7) is 0. The molecule has 0 saturated heterocycles. The summed E-state index contributed by atoms with van der Waals surface area (Å²) in [4.78, 5) is 2.37. The zero-order chi connectivity index (χ0) is 42.2. The molecule has 300 valence electrons. The highest BCUT2D eigenvalue weighted by atomic mass is 16.3. The van der Waals surface area contributed by atoms with Crippen LogP contribution in [0.1, 0.15) is 22.3 Å². The third kappa shape index (κ3) is 5.34. The molecule has 2 aromatic heterocycles. The Balaban J connectivity index is 1.05. The first-order chi connectivity index (χ1) is 31.8. The van der Waals surface area contributed by atoms with Crippen LogP contribution in [0.25, 0.3) is 71.7 Å². The first-order valence-electron chi connectivity index (χ1n) is 22.0. The van der Waals surface area contributed by atoms with Gasteiger partial charge in [-0.1, -0.05) is 176 Å². The van der Waals surface area contributed by atoms with Gasteiger partial charge in [0.05, 0.1) is 22.1 Å². The van der Waals surface area contributed by atoms with Crippen LogP contribution in [-0.2, 0) is 5.41 Å². The lowest BCUT2D eigenvalue weighted by molar-refractivity contribution is 0.666. The molecule has 0 atom stereocenters. The highest BCUT2D eigenvalue weighted by Crippen LogP contribution is 2.57. The van der Waals surface area contributed by atoms with Gasteiger partial charge in [-0.3, -0.25) is 0 Å². The Morgan fingerprint density at radius 3 is 1.72 bits per heavy atom. The molecule has 1 aliphatic rings. The molecule has 0 fully saturated rings. The lowest BCUT2D eigenvalue weighted by Crippen LogP contribution is -2.28. The number of hydrogen-bond acceptors (Lipinski definition) is 2. The van der Waals surface area contributed by atoms with E-state index in [9.17, 15) is 0 Å². The van der Waals surface area contributed by atoms with Crippen LogP contribution in [0, 0.1) is 0 Å². The number of aromatic nitrogens is 1. The van der Waals surface area contributed by atoms with Crippen LogP contribution < -0.4 is 4.90 Å². The van der Waals surface area contributed by atoms with E-state index in [-0.39, 0.29) is 0 Å². The molecular weight excluding hydrogens is 777 g/mol. The molecule has 0 aliphatic heterocycles. The van der Waals surface area contributed by atoms with E-state index in [0.717, 1.165) is 50.2 Å². The summed E-state index contributed by atoms with van der Waals surface area (Å²) in [5.74, 6) is 0. The fourth-order valence-corrected chi connectivity index (χ4v) is 10.7. The average molecular weight is 817 g/mol. The second-order valence-electron chi connectivity index (χ2n) is 16.8. The van der Waals surface area contributed by atoms with Crippen molar-refractivity contribution in [1.82, 2.24) is 4.57 Å². The Bertz CT molecular complexity index is 3660. The van der Waals surface area contributed by atoms with E-state index in [2.05, 4.69) is 252 Å². The molecule has 0 radical (unpaired) electrons. The smallest absolute Gasteiger partial charge is 0.159 e. The average Bonchev–Trinajstić information content (AvgIpc) is 4.01. The van der Waals surface area contributed by atoms with Gasteiger partial charge in [0.25, 0.3) is 0 Å². The SMILES string of the molecule is c1ccc(-c2ccc(N(c3ccc4c(c3)c3ccccc3n4-c3ccccc3)c3cccc4c3oc3cc5c(cc34)-c3ccccc3C5(c3ccccc3)c3ccccc3)cc2)cc1. The summed E-state index contributed by atoms with van der Waals surface area (Å²) in [5, 5.41) is 4.58. The number of benzene rings is 10. The molecule has 0 saturated carbocycles. The third-order valence-corrected chi connectivity index (χ3v) is 13.5. The highest BCUT2D eigenvalue weighted by Gasteiger charge is 2.46. The fourth-order valence-electron chi connectivity index (χ4n) is 10.7. The minimum absolute atomic E-state index is 0.523. The second-order valence-corrected chi connectivity index (χ2v) is 16.8. The number of furan rings is 1. The molecule has 0 bridgehead atoms. The minimum Gasteiger partial charge on any atom is -0.454 e. The molecule has 0 spiro atoms. The Hall–Kier alpha value is -8.40. The normalized spacial score (nSPS) is 12.8. The molecule has 10 aromatic carbocycles. The maximum Gasteiger partial charge on any atom is 0.159 e. The third-order valence-electron chi connectivity index (χ3n) is 13.5. The minimum atomic E-state index is -0.523. The van der Waals surface area contributed by atoms with Crippen molar-refractivity contribution in [2.24, 2.45) is 0 Å². The van der Waals surface area contributed by atoms with Crippen LogP contribution in [0.15, 0.2) is 247 Å². The summed E-state index contributed by atoms with van der Waals surface area (Å²) < 4.78 is 9.63. The van der Waals surface area contributed by atoms with Gasteiger partial charge in [0, 0.05) is 38.6 Å². The van der Waals surface area contributed by atoms with E-state index in [0.29, 0.717) is 0 Å². The number of anilines is 3. The quantitative estimate of drug-likeness (QED) is 0.160. The van der Waals surface area contributed by atoms with Gasteiger partial charge < -0.3 is 13.9 Å². The Labute approximate surface area is 371 Å². The second kappa shape index (κ2) is 14.3. The number of para-hydroxylation sites is 3. The van der Waals surface area contributed by atoms with Crippen LogP contribution in [0.2, 0.25) is 0 Å². The van der Waals surface area contributed by atoms with Gasteiger partial charge in [0.2, 0.25) is 0 Å². The number of nitrogens with zero attached hydrogens (tertiary/aromatic N) is 2. The fraction of sp³-hybridized carbons (Fsp3) is 0.0164. The van der Waals surface area contributed by atoms with E-state index in [4.69, 9.17) is 4.42 Å². The molecule has 0 N–H and O–H groups in total. The Morgan fingerprint density at radius 2 is 0.969 bits per heavy atom. The summed E-state index contributed by atoms with van der Waals surface area (Å²) in [5.41, 5.74) is 17.6. The standard InChI is InChI=1S/C61H40N2O/c1-5-18-41(19-6-1)42-32-34-46(35-33-42)62(47-36-37-57-52(38-47)49-27-14-16-30-56(49)63(57)45-24-11-4-12-25-45)58-31-17-28-50-53-39-51-48-26-13-15-29-54(48)61(43-20-7-2-8-21-43,44-22-9-3-10-23-44)55(51)40-59(53)64-60(50)58/h1-40H. The zero-order valence-electron chi connectivity index (χ0n) is 34.9. The van der Waals surface area contributed by atoms with Crippen molar-refractivity contribution in [1.29, 1.82) is 0 Å². The van der Waals surface area contributed by atoms with Crippen molar-refractivity contribution in [3.63, 3.8) is 0 Å². The van der Waals surface area contributed by atoms with Gasteiger partial charge in [-0.05, 0) is 111 Å². The largest absolute Gasteiger partial charge is 0.454 e. The van der Waals surface area contributed by atoms with E-state index in [1.807, 2.05) is 0 Å². The van der Waals surface area contributed by atoms with Crippen LogP contribution in [-0.4, -0.2) is 4.57 Å². The summed E-state index contributed by atoms with van der Waals surface area (Å²) in [6, 6.07) is 87.9. The zero-order valence-corrected chi connectivity index (χ0v) is 34.9. The number of rotatable bonds is 7. The molecule has 3 nitrogen and oxygen atoms in total. The summed E-state index contributed by atoms with van der Waals surface area (Å²) in [7, 11) is 0. The molecular formula is C61H40N2O. The van der Waals surface area contributed by atoms with Crippen LogP contribution in [0.5, 0.6) is 0 Å². The van der Waals surface area contributed by atoms with Crippen LogP contribution >= 0.6 is 0 Å². The highest BCUT2D eigenvalue weighted by molar-refractivity contribution is 6.14. The first kappa shape index (κ1) is 36.3. The summed E-state index contributed by atoms with van der Waals surface area (Å²) in [6.07, 6.45) is 0. The number of hydrogen-bond donors (Lipinski definition) is 0. The van der Waals surface area contributed by atoms with Gasteiger partial charge >= 0.3 is 0 Å². The molecule has 2 heterocycles. The molecule has 0 amide bonds.